The first-order valence-electron chi connectivity index (χ1n) is 7.59. The number of carbonyl (C=O) groups is 1. The summed E-state index contributed by atoms with van der Waals surface area (Å²) in [7, 11) is 0. The first kappa shape index (κ1) is 19.2. The van der Waals surface area contributed by atoms with Gasteiger partial charge in [0.15, 0.2) is 5.96 Å². The maximum absolute atomic E-state index is 11.6. The molecule has 0 aliphatic heterocycles. The third-order valence-corrected chi connectivity index (χ3v) is 4.59. The smallest absolute Gasteiger partial charge is 0.223 e. The lowest BCUT2D eigenvalue weighted by molar-refractivity contribution is -0.127. The Morgan fingerprint density at radius 2 is 2.18 bits per heavy atom. The third-order valence-electron chi connectivity index (χ3n) is 3.65. The summed E-state index contributed by atoms with van der Waals surface area (Å²) in [6, 6.07) is 4.17. The minimum absolute atomic E-state index is 0. The number of nitrogens with two attached hydrogens (primary N) is 1. The van der Waals surface area contributed by atoms with Crippen LogP contribution in [0.25, 0.3) is 0 Å². The highest BCUT2D eigenvalue weighted by Gasteiger charge is 2.24. The Hall–Kier alpha value is -0.830. The van der Waals surface area contributed by atoms with Gasteiger partial charge in [0.25, 0.3) is 0 Å². The van der Waals surface area contributed by atoms with Crippen molar-refractivity contribution in [2.75, 3.05) is 19.6 Å². The largest absolute Gasteiger partial charge is 0.370 e. The summed E-state index contributed by atoms with van der Waals surface area (Å²) < 4.78 is 0. The number of aliphatic imine (C=N–C) groups is 1. The van der Waals surface area contributed by atoms with Gasteiger partial charge in [-0.25, -0.2) is 0 Å². The molecule has 1 heterocycles. The number of hydrogen-bond donors (Lipinski definition) is 3. The molecule has 0 radical (unpaired) electrons. The monoisotopic (exact) mass is 436 g/mol. The van der Waals surface area contributed by atoms with Gasteiger partial charge in [-0.05, 0) is 37.1 Å². The highest BCUT2D eigenvalue weighted by molar-refractivity contribution is 14.0. The molecule has 1 saturated carbocycles. The van der Waals surface area contributed by atoms with Crippen LogP contribution in [0.4, 0.5) is 0 Å². The highest BCUT2D eigenvalue weighted by Crippen LogP contribution is 2.25. The Morgan fingerprint density at radius 1 is 1.36 bits per heavy atom. The van der Waals surface area contributed by atoms with Crippen LogP contribution in [0.2, 0.25) is 0 Å². The van der Waals surface area contributed by atoms with E-state index < -0.39 is 0 Å². The van der Waals surface area contributed by atoms with Gasteiger partial charge in [-0.3, -0.25) is 9.79 Å². The Morgan fingerprint density at radius 3 is 2.82 bits per heavy atom. The zero-order valence-electron chi connectivity index (χ0n) is 12.7. The normalized spacial score (nSPS) is 14.8. The van der Waals surface area contributed by atoms with E-state index in [-0.39, 0.29) is 35.8 Å². The SMILES string of the molecule is I.NC(=NCCCNC(=O)C1CCC1)NCCc1cccs1. The fourth-order valence-corrected chi connectivity index (χ4v) is 2.84. The fourth-order valence-electron chi connectivity index (χ4n) is 2.13. The Balaban J connectivity index is 0.00000242. The molecule has 1 aromatic rings. The van der Waals surface area contributed by atoms with Gasteiger partial charge in [-0.1, -0.05) is 12.5 Å². The van der Waals surface area contributed by atoms with Crippen LogP contribution in [0.5, 0.6) is 0 Å². The molecule has 0 saturated heterocycles. The van der Waals surface area contributed by atoms with Gasteiger partial charge in [-0.15, -0.1) is 35.3 Å². The Bertz CT molecular complexity index is 460. The molecule has 2 rings (SSSR count). The Labute approximate surface area is 153 Å². The maximum atomic E-state index is 11.6. The number of amides is 1. The summed E-state index contributed by atoms with van der Waals surface area (Å²) in [5, 5.41) is 8.13. The van der Waals surface area contributed by atoms with E-state index >= 15 is 0 Å². The summed E-state index contributed by atoms with van der Waals surface area (Å²) in [6.07, 6.45) is 5.07. The van der Waals surface area contributed by atoms with Crippen LogP contribution in [0, 0.1) is 5.92 Å². The fraction of sp³-hybridized carbons (Fsp3) is 0.600. The molecule has 1 aliphatic rings. The standard InChI is InChI=1S/C15H24N4OS.HI/c16-15(19-10-7-13-6-2-11-21-13)18-9-3-8-17-14(20)12-4-1-5-12;/h2,6,11-12H,1,3-5,7-10H2,(H,17,20)(H3,16,18,19);1H. The van der Waals surface area contributed by atoms with Crippen molar-refractivity contribution in [2.24, 2.45) is 16.6 Å². The van der Waals surface area contributed by atoms with Crippen molar-refractivity contribution < 1.29 is 4.79 Å². The number of nitrogens with zero attached hydrogens (tertiary/aromatic N) is 1. The van der Waals surface area contributed by atoms with Crippen LogP contribution in [0.15, 0.2) is 22.5 Å². The summed E-state index contributed by atoms with van der Waals surface area (Å²) in [4.78, 5) is 17.2. The molecular weight excluding hydrogens is 411 g/mol. The summed E-state index contributed by atoms with van der Waals surface area (Å²) in [5.74, 6) is 0.946. The van der Waals surface area contributed by atoms with Gasteiger partial charge in [0, 0.05) is 30.4 Å². The van der Waals surface area contributed by atoms with E-state index in [0.717, 1.165) is 32.2 Å². The summed E-state index contributed by atoms with van der Waals surface area (Å²) in [6.45, 7) is 2.12. The third kappa shape index (κ3) is 6.95. The van der Waals surface area contributed by atoms with Gasteiger partial charge in [0.05, 0.1) is 0 Å². The van der Waals surface area contributed by atoms with E-state index in [2.05, 4.69) is 33.1 Å². The lowest BCUT2D eigenvalue weighted by Gasteiger charge is -2.23. The van der Waals surface area contributed by atoms with E-state index in [1.54, 1.807) is 11.3 Å². The van der Waals surface area contributed by atoms with E-state index in [1.165, 1.54) is 11.3 Å². The van der Waals surface area contributed by atoms with Crippen molar-refractivity contribution in [3.05, 3.63) is 22.4 Å². The first-order chi connectivity index (χ1) is 10.3. The molecular formula is C15H25IN4OS. The quantitative estimate of drug-likeness (QED) is 0.253. The van der Waals surface area contributed by atoms with Crippen LogP contribution >= 0.6 is 35.3 Å². The minimum atomic E-state index is 0. The van der Waals surface area contributed by atoms with E-state index in [4.69, 9.17) is 5.73 Å². The van der Waals surface area contributed by atoms with Crippen molar-refractivity contribution in [1.82, 2.24) is 10.6 Å². The van der Waals surface area contributed by atoms with Crippen LogP contribution in [-0.2, 0) is 11.2 Å². The predicted molar refractivity (Wildman–Crippen MR) is 103 cm³/mol. The van der Waals surface area contributed by atoms with Gasteiger partial charge in [0.2, 0.25) is 5.91 Å². The van der Waals surface area contributed by atoms with Crippen molar-refractivity contribution in [3.63, 3.8) is 0 Å². The van der Waals surface area contributed by atoms with Gasteiger partial charge in [-0.2, -0.15) is 0 Å². The number of nitrogens with one attached hydrogen (secondary N) is 2. The maximum Gasteiger partial charge on any atom is 0.223 e. The number of rotatable bonds is 8. The minimum Gasteiger partial charge on any atom is -0.370 e. The zero-order valence-corrected chi connectivity index (χ0v) is 15.9. The molecule has 124 valence electrons. The van der Waals surface area contributed by atoms with Crippen molar-refractivity contribution in [1.29, 1.82) is 0 Å². The Kier molecular flexibility index (Phi) is 9.45. The molecule has 0 aromatic carbocycles. The first-order valence-corrected chi connectivity index (χ1v) is 8.47. The van der Waals surface area contributed by atoms with Crippen molar-refractivity contribution in [2.45, 2.75) is 32.1 Å². The lowest BCUT2D eigenvalue weighted by atomic mass is 9.85. The zero-order chi connectivity index (χ0) is 14.9. The summed E-state index contributed by atoms with van der Waals surface area (Å²) in [5.41, 5.74) is 5.79. The van der Waals surface area contributed by atoms with E-state index in [0.29, 0.717) is 19.0 Å². The lowest BCUT2D eigenvalue weighted by Crippen LogP contribution is -2.35. The second kappa shape index (κ2) is 10.8. The molecule has 0 bridgehead atoms. The van der Waals surface area contributed by atoms with E-state index in [1.807, 2.05) is 0 Å². The number of guanidine groups is 1. The van der Waals surface area contributed by atoms with Crippen LogP contribution < -0.4 is 16.4 Å². The topological polar surface area (TPSA) is 79.5 Å². The highest BCUT2D eigenvalue weighted by atomic mass is 127. The van der Waals surface area contributed by atoms with Gasteiger partial charge in [0.1, 0.15) is 0 Å². The van der Waals surface area contributed by atoms with Crippen LogP contribution in [-0.4, -0.2) is 31.5 Å². The average Bonchev–Trinajstić information content (AvgIpc) is 2.89. The number of halogens is 1. The summed E-state index contributed by atoms with van der Waals surface area (Å²) >= 11 is 1.75. The second-order valence-corrected chi connectivity index (χ2v) is 6.33. The molecule has 4 N–H and O–H groups in total. The van der Waals surface area contributed by atoms with Crippen molar-refractivity contribution >= 4 is 47.2 Å². The molecule has 0 unspecified atom stereocenters. The van der Waals surface area contributed by atoms with E-state index in [9.17, 15) is 4.79 Å². The molecule has 1 amide bonds. The molecule has 1 aromatic heterocycles. The molecule has 0 atom stereocenters. The number of carbonyl (C=O) groups excluding carboxylic acids is 1. The van der Waals surface area contributed by atoms with Crippen LogP contribution in [0.3, 0.4) is 0 Å². The molecule has 5 nitrogen and oxygen atoms in total. The number of thiophene rings is 1. The van der Waals surface area contributed by atoms with Gasteiger partial charge < -0.3 is 16.4 Å². The van der Waals surface area contributed by atoms with Gasteiger partial charge >= 0.3 is 0 Å². The molecule has 22 heavy (non-hydrogen) atoms. The molecule has 7 heteroatoms. The molecule has 1 aliphatic carbocycles. The average molecular weight is 436 g/mol. The number of hydrogen-bond acceptors (Lipinski definition) is 3. The molecule has 0 spiro atoms. The van der Waals surface area contributed by atoms with Crippen LogP contribution in [0.1, 0.15) is 30.6 Å². The second-order valence-electron chi connectivity index (χ2n) is 5.30. The van der Waals surface area contributed by atoms with Crippen molar-refractivity contribution in [3.8, 4) is 0 Å². The molecule has 1 fully saturated rings. The predicted octanol–water partition coefficient (Wildman–Crippen LogP) is 2.12.